The van der Waals surface area contributed by atoms with Crippen LogP contribution in [-0.2, 0) is 10.0 Å². The quantitative estimate of drug-likeness (QED) is 0.726. The topological polar surface area (TPSA) is 84.4 Å². The first-order valence-corrected chi connectivity index (χ1v) is 10.4. The van der Waals surface area contributed by atoms with Crippen LogP contribution >= 0.6 is 0 Å². The molecule has 7 nitrogen and oxygen atoms in total. The van der Waals surface area contributed by atoms with Crippen molar-refractivity contribution in [2.45, 2.75) is 31.1 Å². The Morgan fingerprint density at radius 2 is 1.85 bits per heavy atom. The van der Waals surface area contributed by atoms with E-state index in [1.807, 2.05) is 0 Å². The number of rotatable bonds is 7. The molecular formula is C18H23FN4O3S. The maximum Gasteiger partial charge on any atom is 0.240 e. The van der Waals surface area contributed by atoms with Crippen molar-refractivity contribution in [2.24, 2.45) is 0 Å². The fourth-order valence-electron chi connectivity index (χ4n) is 2.91. The van der Waals surface area contributed by atoms with Gasteiger partial charge in [-0.15, -0.1) is 0 Å². The average Bonchev–Trinajstić information content (AvgIpc) is 2.66. The molecule has 1 fully saturated rings. The van der Waals surface area contributed by atoms with E-state index < -0.39 is 15.8 Å². The Kier molecular flexibility index (Phi) is 6.22. The Morgan fingerprint density at radius 3 is 2.56 bits per heavy atom. The summed E-state index contributed by atoms with van der Waals surface area (Å²) in [5.74, 6) is 1.38. The van der Waals surface area contributed by atoms with Gasteiger partial charge in [-0.25, -0.2) is 22.5 Å². The average molecular weight is 394 g/mol. The van der Waals surface area contributed by atoms with Crippen LogP contribution in [0.2, 0.25) is 0 Å². The summed E-state index contributed by atoms with van der Waals surface area (Å²) in [4.78, 5) is 10.9. The van der Waals surface area contributed by atoms with Gasteiger partial charge >= 0.3 is 0 Å². The molecule has 1 saturated heterocycles. The SMILES string of the molecule is Cc1nc(OCCNS(=O)(=O)c2ccc(F)cc2)cc(N2CCCCC2)n1. The van der Waals surface area contributed by atoms with Crippen LogP contribution in [0.25, 0.3) is 0 Å². The van der Waals surface area contributed by atoms with Gasteiger partial charge in [0.05, 0.1) is 4.90 Å². The second-order valence-electron chi connectivity index (χ2n) is 6.36. The minimum absolute atomic E-state index is 0.00849. The van der Waals surface area contributed by atoms with Gasteiger partial charge in [-0.2, -0.15) is 4.98 Å². The summed E-state index contributed by atoms with van der Waals surface area (Å²) in [7, 11) is -3.70. The van der Waals surface area contributed by atoms with Crippen LogP contribution < -0.4 is 14.4 Å². The predicted octanol–water partition coefficient (Wildman–Crippen LogP) is 2.27. The number of nitrogens with zero attached hydrogens (tertiary/aromatic N) is 3. The molecule has 0 amide bonds. The first kappa shape index (κ1) is 19.5. The zero-order valence-corrected chi connectivity index (χ0v) is 16.0. The molecule has 3 rings (SSSR count). The molecule has 9 heteroatoms. The van der Waals surface area contributed by atoms with Crippen LogP contribution in [0.5, 0.6) is 5.88 Å². The van der Waals surface area contributed by atoms with Gasteiger partial charge < -0.3 is 9.64 Å². The predicted molar refractivity (Wildman–Crippen MR) is 99.9 cm³/mol. The fourth-order valence-corrected chi connectivity index (χ4v) is 3.93. The van der Waals surface area contributed by atoms with Gasteiger partial charge in [0.15, 0.2) is 0 Å². The number of piperidine rings is 1. The van der Waals surface area contributed by atoms with Crippen LogP contribution in [0.1, 0.15) is 25.1 Å². The van der Waals surface area contributed by atoms with Crippen molar-refractivity contribution in [3.8, 4) is 5.88 Å². The molecule has 146 valence electrons. The van der Waals surface area contributed by atoms with E-state index >= 15 is 0 Å². The summed E-state index contributed by atoms with van der Waals surface area (Å²) < 4.78 is 45.2. The number of nitrogens with one attached hydrogen (secondary N) is 1. The van der Waals surface area contributed by atoms with Crippen molar-refractivity contribution in [3.05, 3.63) is 42.0 Å². The van der Waals surface area contributed by atoms with Gasteiger partial charge in [0.25, 0.3) is 0 Å². The number of hydrogen-bond donors (Lipinski definition) is 1. The Balaban J connectivity index is 1.55. The molecule has 0 aliphatic carbocycles. The monoisotopic (exact) mass is 394 g/mol. The molecule has 1 aromatic heterocycles. The number of aryl methyl sites for hydroxylation is 1. The molecule has 0 spiro atoms. The highest BCUT2D eigenvalue weighted by atomic mass is 32.2. The Labute approximate surface area is 158 Å². The van der Waals surface area contributed by atoms with Gasteiger partial charge in [-0.1, -0.05) is 0 Å². The molecule has 2 heterocycles. The molecule has 0 bridgehead atoms. The van der Waals surface area contributed by atoms with Gasteiger partial charge in [0.2, 0.25) is 15.9 Å². The summed E-state index contributed by atoms with van der Waals surface area (Å²) in [5.41, 5.74) is 0. The molecule has 0 radical (unpaired) electrons. The number of sulfonamides is 1. The van der Waals surface area contributed by atoms with Gasteiger partial charge in [0.1, 0.15) is 24.1 Å². The van der Waals surface area contributed by atoms with E-state index in [0.29, 0.717) is 11.7 Å². The number of aromatic nitrogens is 2. The number of anilines is 1. The molecule has 1 N–H and O–H groups in total. The van der Waals surface area contributed by atoms with E-state index in [1.165, 1.54) is 18.6 Å². The molecule has 0 saturated carbocycles. The number of benzene rings is 1. The van der Waals surface area contributed by atoms with Crippen molar-refractivity contribution >= 4 is 15.8 Å². The third-order valence-electron chi connectivity index (χ3n) is 4.25. The molecule has 0 atom stereocenters. The van der Waals surface area contributed by atoms with Crippen molar-refractivity contribution in [2.75, 3.05) is 31.1 Å². The van der Waals surface area contributed by atoms with E-state index in [0.717, 1.165) is 43.9 Å². The lowest BCUT2D eigenvalue weighted by Gasteiger charge is -2.28. The van der Waals surface area contributed by atoms with E-state index in [4.69, 9.17) is 4.74 Å². The van der Waals surface area contributed by atoms with Crippen LogP contribution in [0.15, 0.2) is 35.2 Å². The lowest BCUT2D eigenvalue weighted by Crippen LogP contribution is -2.30. The first-order chi connectivity index (χ1) is 12.9. The summed E-state index contributed by atoms with van der Waals surface area (Å²) in [6.45, 7) is 3.93. The highest BCUT2D eigenvalue weighted by molar-refractivity contribution is 7.89. The summed E-state index contributed by atoms with van der Waals surface area (Å²) in [6.07, 6.45) is 3.52. The second-order valence-corrected chi connectivity index (χ2v) is 8.13. The van der Waals surface area contributed by atoms with E-state index in [1.54, 1.807) is 13.0 Å². The molecule has 1 aromatic carbocycles. The van der Waals surface area contributed by atoms with E-state index in [2.05, 4.69) is 19.6 Å². The molecule has 1 aliphatic heterocycles. The summed E-state index contributed by atoms with van der Waals surface area (Å²) in [5, 5.41) is 0. The number of ether oxygens (including phenoxy) is 1. The standard InChI is InChI=1S/C18H23FN4O3S/c1-14-21-17(23-10-3-2-4-11-23)13-18(22-14)26-12-9-20-27(24,25)16-7-5-15(19)6-8-16/h5-8,13,20H,2-4,9-12H2,1H3. The van der Waals surface area contributed by atoms with Gasteiger partial charge in [-0.05, 0) is 50.5 Å². The third-order valence-corrected chi connectivity index (χ3v) is 5.73. The highest BCUT2D eigenvalue weighted by Crippen LogP contribution is 2.21. The van der Waals surface area contributed by atoms with Crippen LogP contribution in [0.3, 0.4) is 0 Å². The zero-order valence-electron chi connectivity index (χ0n) is 15.2. The van der Waals surface area contributed by atoms with Crippen LogP contribution in [-0.4, -0.2) is 44.6 Å². The number of halogens is 1. The summed E-state index contributed by atoms with van der Waals surface area (Å²) in [6, 6.07) is 6.44. The van der Waals surface area contributed by atoms with Gasteiger partial charge in [-0.3, -0.25) is 0 Å². The molecule has 27 heavy (non-hydrogen) atoms. The Hall–Kier alpha value is -2.26. The van der Waals surface area contributed by atoms with Crippen molar-refractivity contribution < 1.29 is 17.5 Å². The highest BCUT2D eigenvalue weighted by Gasteiger charge is 2.15. The maximum absolute atomic E-state index is 12.9. The lowest BCUT2D eigenvalue weighted by atomic mass is 10.1. The molecular weight excluding hydrogens is 371 g/mol. The normalized spacial score (nSPS) is 15.0. The van der Waals surface area contributed by atoms with Crippen LogP contribution in [0, 0.1) is 12.7 Å². The molecule has 1 aliphatic rings. The first-order valence-electron chi connectivity index (χ1n) is 8.93. The molecule has 0 unspecified atom stereocenters. The third kappa shape index (κ3) is 5.36. The molecule has 2 aromatic rings. The van der Waals surface area contributed by atoms with Crippen LogP contribution in [0.4, 0.5) is 10.2 Å². The largest absolute Gasteiger partial charge is 0.476 e. The van der Waals surface area contributed by atoms with Crippen molar-refractivity contribution in [1.82, 2.24) is 14.7 Å². The Morgan fingerprint density at radius 1 is 1.15 bits per heavy atom. The van der Waals surface area contributed by atoms with Gasteiger partial charge in [0, 0.05) is 25.7 Å². The Bertz CT molecular complexity index is 869. The second kappa shape index (κ2) is 8.62. The number of hydrogen-bond acceptors (Lipinski definition) is 6. The zero-order chi connectivity index (χ0) is 19.3. The minimum atomic E-state index is -3.70. The van der Waals surface area contributed by atoms with E-state index in [9.17, 15) is 12.8 Å². The fraction of sp³-hybridized carbons (Fsp3) is 0.444. The lowest BCUT2D eigenvalue weighted by molar-refractivity contribution is 0.309. The smallest absolute Gasteiger partial charge is 0.240 e. The minimum Gasteiger partial charge on any atom is -0.476 e. The van der Waals surface area contributed by atoms with E-state index in [-0.39, 0.29) is 18.0 Å². The maximum atomic E-state index is 12.9. The van der Waals surface area contributed by atoms with Crippen molar-refractivity contribution in [3.63, 3.8) is 0 Å². The summed E-state index contributed by atoms with van der Waals surface area (Å²) >= 11 is 0. The van der Waals surface area contributed by atoms with Crippen molar-refractivity contribution in [1.29, 1.82) is 0 Å².